The monoisotopic (exact) mass is 123 g/mol. The van der Waals surface area contributed by atoms with Gasteiger partial charge in [0.15, 0.2) is 0 Å². The van der Waals surface area contributed by atoms with Gasteiger partial charge in [-0.15, -0.1) is 0 Å². The van der Waals surface area contributed by atoms with Crippen molar-refractivity contribution in [3.63, 3.8) is 0 Å². The molecule has 1 N–H and O–H groups in total. The van der Waals surface area contributed by atoms with Crippen LogP contribution < -0.4 is 5.43 Å². The fraction of sp³-hybridized carbons (Fsp3) is 0.429. The van der Waals surface area contributed by atoms with E-state index in [0.29, 0.717) is 0 Å². The molecule has 0 aromatic carbocycles. The molecule has 0 bridgehead atoms. The van der Waals surface area contributed by atoms with Crippen molar-refractivity contribution in [1.82, 2.24) is 5.43 Å². The zero-order chi connectivity index (χ0) is 6.53. The maximum atomic E-state index is 3.88. The molecule has 9 heavy (non-hydrogen) atoms. The molecule has 0 aromatic rings. The maximum absolute atomic E-state index is 3.88. The minimum absolute atomic E-state index is 1.09. The molecule has 1 aliphatic heterocycles. The summed E-state index contributed by atoms with van der Waals surface area (Å²) < 4.78 is 0. The first-order chi connectivity index (χ1) is 4.43. The van der Waals surface area contributed by atoms with E-state index >= 15 is 0 Å². The van der Waals surface area contributed by atoms with Crippen LogP contribution in [-0.4, -0.2) is 6.21 Å². The van der Waals surface area contributed by atoms with Gasteiger partial charge in [-0.2, -0.15) is 5.10 Å². The average molecular weight is 123 g/mol. The van der Waals surface area contributed by atoms with Crippen LogP contribution in [0.15, 0.2) is 17.3 Å². The third-order valence-electron chi connectivity index (χ3n) is 1.19. The van der Waals surface area contributed by atoms with Crippen LogP contribution in [0.3, 0.4) is 0 Å². The predicted molar refractivity (Wildman–Crippen MR) is 38.9 cm³/mol. The lowest BCUT2D eigenvalue weighted by molar-refractivity contribution is 0.693. The van der Waals surface area contributed by atoms with Gasteiger partial charge in [-0.3, -0.25) is 5.43 Å². The van der Waals surface area contributed by atoms with E-state index in [1.807, 2.05) is 6.08 Å². The van der Waals surface area contributed by atoms with E-state index in [1.165, 1.54) is 12.5 Å². The molecule has 1 heterocycles. The molecule has 0 fully saturated rings. The Labute approximate surface area is 55.6 Å². The number of hydrogen-bond acceptors (Lipinski definition) is 2. The zero-order valence-corrected chi connectivity index (χ0v) is 5.59. The number of hydrogen-bond donors (Lipinski definition) is 1. The van der Waals surface area contributed by atoms with Gasteiger partial charge in [-0.05, 0) is 12.5 Å². The van der Waals surface area contributed by atoms with E-state index < -0.39 is 0 Å². The van der Waals surface area contributed by atoms with Crippen molar-refractivity contribution in [3.05, 3.63) is 18.2 Å². The highest BCUT2D eigenvalue weighted by Crippen LogP contribution is 2.07. The molecule has 1 rings (SSSR count). The van der Waals surface area contributed by atoms with Crippen LogP contribution in [0.25, 0.3) is 0 Å². The van der Waals surface area contributed by atoms with Crippen LogP contribution in [0.4, 0.5) is 0 Å². The summed E-state index contributed by atoms with van der Waals surface area (Å²) in [4.78, 5) is 0. The van der Waals surface area contributed by atoms with E-state index in [-0.39, 0.29) is 0 Å². The molecule has 0 saturated carbocycles. The van der Waals surface area contributed by atoms with Gasteiger partial charge in [0.25, 0.3) is 0 Å². The van der Waals surface area contributed by atoms with E-state index in [1.54, 1.807) is 6.21 Å². The Bertz CT molecular complexity index is 127. The van der Waals surface area contributed by atoms with Gasteiger partial charge >= 0.3 is 0 Å². The highest BCUT2D eigenvalue weighted by Gasteiger charge is 2.02. The summed E-state index contributed by atoms with van der Waals surface area (Å²) >= 11 is 0. The van der Waals surface area contributed by atoms with Crippen molar-refractivity contribution in [1.29, 1.82) is 0 Å². The molecular weight excluding hydrogens is 112 g/mol. The number of allylic oxidation sites excluding steroid dienone is 1. The fourth-order valence-corrected chi connectivity index (χ4v) is 0.768. The van der Waals surface area contributed by atoms with Gasteiger partial charge in [0, 0.05) is 6.21 Å². The van der Waals surface area contributed by atoms with E-state index in [9.17, 15) is 0 Å². The molecule has 0 atom stereocenters. The molecule has 1 aliphatic rings. The quantitative estimate of drug-likeness (QED) is 0.590. The van der Waals surface area contributed by atoms with Crippen molar-refractivity contribution < 1.29 is 0 Å². The summed E-state index contributed by atoms with van der Waals surface area (Å²) in [6.07, 6.45) is 8.01. The Balaban J connectivity index is 2.28. The summed E-state index contributed by atoms with van der Waals surface area (Å²) in [7, 11) is 0. The second-order valence-electron chi connectivity index (χ2n) is 2.02. The van der Waals surface area contributed by atoms with E-state index in [2.05, 4.69) is 23.5 Å². The first-order valence-corrected chi connectivity index (χ1v) is 3.25. The van der Waals surface area contributed by atoms with Crippen LogP contribution in [0.1, 0.15) is 19.8 Å². The van der Waals surface area contributed by atoms with Crippen molar-refractivity contribution in [2.75, 3.05) is 0 Å². The van der Waals surface area contributed by atoms with Crippen molar-refractivity contribution in [2.24, 2.45) is 5.10 Å². The smallest absolute Gasteiger partial charge is 0.101 e. The molecule has 2 heteroatoms. The van der Waals surface area contributed by atoms with Crippen LogP contribution in [0.2, 0.25) is 0 Å². The minimum atomic E-state index is 1.09. The lowest BCUT2D eigenvalue weighted by Crippen LogP contribution is -2.15. The molecule has 0 spiro atoms. The van der Waals surface area contributed by atoms with Gasteiger partial charge in [0.05, 0.1) is 0 Å². The molecule has 0 unspecified atom stereocenters. The number of rotatable bonds is 2. The lowest BCUT2D eigenvalue weighted by atomic mass is 10.1. The zero-order valence-electron chi connectivity index (χ0n) is 5.59. The second kappa shape index (κ2) is 3.28. The van der Waals surface area contributed by atoms with Gasteiger partial charge in [0.2, 0.25) is 0 Å². The first-order valence-electron chi connectivity index (χ1n) is 3.25. The topological polar surface area (TPSA) is 24.4 Å². The normalized spacial score (nSPS) is 17.9. The minimum Gasteiger partial charge on any atom is -0.297 e. The van der Waals surface area contributed by atoms with Gasteiger partial charge < -0.3 is 0 Å². The van der Waals surface area contributed by atoms with Crippen LogP contribution in [0, 0.1) is 6.04 Å². The maximum Gasteiger partial charge on any atom is 0.101 e. The average Bonchev–Trinajstić information content (AvgIpc) is 1.91. The van der Waals surface area contributed by atoms with Crippen molar-refractivity contribution >= 4 is 6.21 Å². The molecule has 0 aromatic heterocycles. The molecule has 0 amide bonds. The second-order valence-corrected chi connectivity index (χ2v) is 2.02. The summed E-state index contributed by atoms with van der Waals surface area (Å²) in [5.74, 6) is 0. The first kappa shape index (κ1) is 6.33. The van der Waals surface area contributed by atoms with E-state index in [0.717, 1.165) is 6.42 Å². The number of nitrogens with zero attached hydrogens (tertiary/aromatic N) is 1. The lowest BCUT2D eigenvalue weighted by Gasteiger charge is -2.10. The fourth-order valence-electron chi connectivity index (χ4n) is 0.768. The highest BCUT2D eigenvalue weighted by atomic mass is 15.3. The predicted octanol–water partition coefficient (Wildman–Crippen LogP) is 1.46. The molecule has 0 aliphatic carbocycles. The van der Waals surface area contributed by atoms with E-state index in [4.69, 9.17) is 0 Å². The Morgan fingerprint density at radius 2 is 2.56 bits per heavy atom. The summed E-state index contributed by atoms with van der Waals surface area (Å²) in [6, 6.07) is 1.21. The van der Waals surface area contributed by atoms with Crippen LogP contribution in [0.5, 0.6) is 0 Å². The molecule has 2 nitrogen and oxygen atoms in total. The molecule has 0 saturated heterocycles. The van der Waals surface area contributed by atoms with Gasteiger partial charge in [0.1, 0.15) is 6.04 Å². The van der Waals surface area contributed by atoms with Gasteiger partial charge in [-0.1, -0.05) is 19.4 Å². The third-order valence-corrected chi connectivity index (χ3v) is 1.19. The van der Waals surface area contributed by atoms with Crippen molar-refractivity contribution in [2.45, 2.75) is 19.8 Å². The third kappa shape index (κ3) is 1.88. The Kier molecular flexibility index (Phi) is 2.31. The number of hydrazone groups is 1. The van der Waals surface area contributed by atoms with Crippen molar-refractivity contribution in [3.8, 4) is 0 Å². The SMILES string of the molecule is CCC[C]1C=CC=NN1. The standard InChI is InChI=1S/C7H11N2/c1-2-4-7-5-3-6-8-9-7/h3,5-6,9H,2,4H2,1H3. The summed E-state index contributed by atoms with van der Waals surface area (Å²) in [6.45, 7) is 2.15. The number of nitrogens with one attached hydrogen (secondary N) is 1. The molecule has 49 valence electrons. The Morgan fingerprint density at radius 3 is 3.11 bits per heavy atom. The Morgan fingerprint density at radius 1 is 1.67 bits per heavy atom. The summed E-state index contributed by atoms with van der Waals surface area (Å²) in [5.41, 5.74) is 2.92. The van der Waals surface area contributed by atoms with Crippen LogP contribution in [-0.2, 0) is 0 Å². The molecular formula is C7H11N2. The summed E-state index contributed by atoms with van der Waals surface area (Å²) in [5, 5.41) is 3.88. The highest BCUT2D eigenvalue weighted by molar-refractivity contribution is 5.72. The largest absolute Gasteiger partial charge is 0.297 e. The van der Waals surface area contributed by atoms with Gasteiger partial charge in [-0.25, -0.2) is 0 Å². The Hall–Kier alpha value is -0.790. The molecule has 1 radical (unpaired) electrons. The van der Waals surface area contributed by atoms with Crippen LogP contribution >= 0.6 is 0 Å².